The third-order valence-electron chi connectivity index (χ3n) is 2.27. The van der Waals surface area contributed by atoms with Crippen molar-refractivity contribution in [2.45, 2.75) is 14.0 Å². The summed E-state index contributed by atoms with van der Waals surface area (Å²) in [6.07, 6.45) is 0. The Bertz CT molecular complexity index is 820. The lowest BCUT2D eigenvalue weighted by molar-refractivity contribution is 0.473. The van der Waals surface area contributed by atoms with E-state index in [2.05, 4.69) is 0 Å². The molecule has 9 heteroatoms. The van der Waals surface area contributed by atoms with Gasteiger partial charge in [0.15, 0.2) is 0 Å². The molecule has 6 nitrogen and oxygen atoms in total. The molecule has 1 aromatic heterocycles. The quantitative estimate of drug-likeness (QED) is 0.873. The van der Waals surface area contributed by atoms with Gasteiger partial charge in [-0.2, -0.15) is 0 Å². The largest absolute Gasteiger partial charge is 0.508 e. The Labute approximate surface area is 114 Å². The second-order valence-electron chi connectivity index (χ2n) is 3.65. The number of sulfonamides is 1. The van der Waals surface area contributed by atoms with Crippen LogP contribution in [-0.2, 0) is 19.9 Å². The van der Waals surface area contributed by atoms with Crippen LogP contribution in [0.5, 0.6) is 5.75 Å². The zero-order chi connectivity index (χ0) is 14.3. The van der Waals surface area contributed by atoms with Gasteiger partial charge in [0.2, 0.25) is 19.9 Å². The van der Waals surface area contributed by atoms with Gasteiger partial charge in [0.25, 0.3) is 0 Å². The molecule has 0 amide bonds. The summed E-state index contributed by atoms with van der Waals surface area (Å²) in [6.45, 7) is 0. The molecule has 0 saturated heterocycles. The SMILES string of the molecule is NS(=O)(=O)c1cc(S(=O)(=O)c2cccc(O)c2)cs1. The van der Waals surface area contributed by atoms with Crippen molar-refractivity contribution in [3.63, 3.8) is 0 Å². The highest BCUT2D eigenvalue weighted by atomic mass is 32.2. The van der Waals surface area contributed by atoms with Crippen molar-refractivity contribution in [1.82, 2.24) is 0 Å². The molecular formula is C10H9NO5S3. The van der Waals surface area contributed by atoms with Gasteiger partial charge in [-0.3, -0.25) is 0 Å². The van der Waals surface area contributed by atoms with E-state index >= 15 is 0 Å². The smallest absolute Gasteiger partial charge is 0.247 e. The van der Waals surface area contributed by atoms with Crippen molar-refractivity contribution in [1.29, 1.82) is 0 Å². The Morgan fingerprint density at radius 1 is 1.05 bits per heavy atom. The monoisotopic (exact) mass is 319 g/mol. The summed E-state index contributed by atoms with van der Waals surface area (Å²) >= 11 is 0.728. The van der Waals surface area contributed by atoms with Crippen LogP contribution in [0.3, 0.4) is 0 Å². The van der Waals surface area contributed by atoms with Crippen LogP contribution in [0.15, 0.2) is 49.7 Å². The number of benzene rings is 1. The van der Waals surface area contributed by atoms with Gasteiger partial charge in [-0.25, -0.2) is 22.0 Å². The number of thiophene rings is 1. The van der Waals surface area contributed by atoms with Gasteiger partial charge in [-0.15, -0.1) is 11.3 Å². The van der Waals surface area contributed by atoms with Gasteiger partial charge in [0.1, 0.15) is 9.96 Å². The minimum atomic E-state index is -3.93. The Kier molecular flexibility index (Phi) is 3.39. The highest BCUT2D eigenvalue weighted by Crippen LogP contribution is 2.28. The first-order valence-corrected chi connectivity index (χ1v) is 8.77. The maximum Gasteiger partial charge on any atom is 0.247 e. The molecule has 0 spiro atoms. The van der Waals surface area contributed by atoms with E-state index in [0.29, 0.717) is 0 Å². The molecule has 0 aliphatic rings. The van der Waals surface area contributed by atoms with E-state index in [9.17, 15) is 21.9 Å². The third-order valence-corrected chi connectivity index (χ3v) is 6.54. The van der Waals surface area contributed by atoms with Gasteiger partial charge in [0, 0.05) is 5.38 Å². The number of hydrogen-bond acceptors (Lipinski definition) is 6. The fraction of sp³-hybridized carbons (Fsp3) is 0. The molecule has 0 fully saturated rings. The first-order valence-electron chi connectivity index (χ1n) is 4.87. The lowest BCUT2D eigenvalue weighted by atomic mass is 10.3. The van der Waals surface area contributed by atoms with Gasteiger partial charge < -0.3 is 5.11 Å². The minimum absolute atomic E-state index is 0.119. The molecule has 0 unspecified atom stereocenters. The highest BCUT2D eigenvalue weighted by Gasteiger charge is 2.22. The molecule has 0 atom stereocenters. The van der Waals surface area contributed by atoms with Crippen LogP contribution in [0.1, 0.15) is 0 Å². The number of phenols is 1. The number of primary sulfonamides is 1. The molecule has 2 rings (SSSR count). The highest BCUT2D eigenvalue weighted by molar-refractivity contribution is 7.92. The van der Waals surface area contributed by atoms with Crippen LogP contribution in [0, 0.1) is 0 Å². The molecule has 0 aliphatic carbocycles. The average Bonchev–Trinajstić information content (AvgIpc) is 2.78. The second-order valence-corrected chi connectivity index (χ2v) is 8.30. The molecular weight excluding hydrogens is 310 g/mol. The van der Waals surface area contributed by atoms with E-state index in [1.165, 1.54) is 23.6 Å². The van der Waals surface area contributed by atoms with Crippen LogP contribution in [0.2, 0.25) is 0 Å². The molecule has 0 saturated carbocycles. The summed E-state index contributed by atoms with van der Waals surface area (Å²) < 4.78 is 46.4. The van der Waals surface area contributed by atoms with Crippen molar-refractivity contribution >= 4 is 31.2 Å². The first-order chi connectivity index (χ1) is 8.71. The molecule has 1 heterocycles. The summed E-state index contributed by atoms with van der Waals surface area (Å²) in [5.74, 6) is -0.192. The first kappa shape index (κ1) is 14.0. The van der Waals surface area contributed by atoms with Gasteiger partial charge in [-0.1, -0.05) is 6.07 Å². The average molecular weight is 319 g/mol. The number of phenolic OH excluding ortho intramolecular Hbond substituents is 1. The zero-order valence-electron chi connectivity index (χ0n) is 9.35. The topological polar surface area (TPSA) is 115 Å². The number of rotatable bonds is 3. The maximum absolute atomic E-state index is 12.2. The van der Waals surface area contributed by atoms with Crippen LogP contribution in [0.25, 0.3) is 0 Å². The predicted octanol–water partition coefficient (Wildman–Crippen LogP) is 0.934. The molecule has 3 N–H and O–H groups in total. The number of hydrogen-bond donors (Lipinski definition) is 2. The standard InChI is InChI=1S/C10H9NO5S3/c11-19(15,16)10-5-9(6-17-10)18(13,14)8-3-1-2-7(12)4-8/h1-6,12H,(H2,11,15,16). The number of nitrogens with two attached hydrogens (primary N) is 1. The molecule has 0 aliphatic heterocycles. The van der Waals surface area contributed by atoms with E-state index in [0.717, 1.165) is 23.5 Å². The van der Waals surface area contributed by atoms with Crippen LogP contribution in [0.4, 0.5) is 0 Å². The van der Waals surface area contributed by atoms with Gasteiger partial charge in [0.05, 0.1) is 9.79 Å². The predicted molar refractivity (Wildman–Crippen MR) is 69.3 cm³/mol. The van der Waals surface area contributed by atoms with E-state index in [1.54, 1.807) is 0 Å². The fourth-order valence-corrected chi connectivity index (χ4v) is 4.72. The van der Waals surface area contributed by atoms with Gasteiger partial charge >= 0.3 is 0 Å². The lowest BCUT2D eigenvalue weighted by Crippen LogP contribution is -2.10. The van der Waals surface area contributed by atoms with Crippen LogP contribution < -0.4 is 5.14 Å². The van der Waals surface area contributed by atoms with Crippen molar-refractivity contribution < 1.29 is 21.9 Å². The zero-order valence-corrected chi connectivity index (χ0v) is 11.8. The Morgan fingerprint density at radius 2 is 1.74 bits per heavy atom. The van der Waals surface area contributed by atoms with Gasteiger partial charge in [-0.05, 0) is 24.3 Å². The van der Waals surface area contributed by atoms with E-state index in [4.69, 9.17) is 5.14 Å². The Balaban J connectivity index is 2.55. The minimum Gasteiger partial charge on any atom is -0.508 e. The number of sulfone groups is 1. The van der Waals surface area contributed by atoms with Crippen LogP contribution >= 0.6 is 11.3 Å². The van der Waals surface area contributed by atoms with E-state index in [-0.39, 0.29) is 19.7 Å². The molecule has 102 valence electrons. The van der Waals surface area contributed by atoms with Crippen LogP contribution in [-0.4, -0.2) is 21.9 Å². The maximum atomic E-state index is 12.2. The number of aromatic hydroxyl groups is 1. The Morgan fingerprint density at radius 3 is 2.26 bits per heavy atom. The molecule has 0 radical (unpaired) electrons. The van der Waals surface area contributed by atoms with E-state index < -0.39 is 19.9 Å². The van der Waals surface area contributed by atoms with Crippen molar-refractivity contribution in [2.24, 2.45) is 5.14 Å². The van der Waals surface area contributed by atoms with Crippen molar-refractivity contribution in [3.05, 3.63) is 35.7 Å². The molecule has 1 aromatic carbocycles. The lowest BCUT2D eigenvalue weighted by Gasteiger charge is -2.02. The normalized spacial score (nSPS) is 12.5. The fourth-order valence-electron chi connectivity index (χ4n) is 1.38. The van der Waals surface area contributed by atoms with Crippen molar-refractivity contribution in [3.8, 4) is 5.75 Å². The van der Waals surface area contributed by atoms with Crippen molar-refractivity contribution in [2.75, 3.05) is 0 Å². The third kappa shape index (κ3) is 2.78. The Hall–Kier alpha value is -1.42. The summed E-state index contributed by atoms with van der Waals surface area (Å²) in [6, 6.07) is 6.12. The van der Waals surface area contributed by atoms with E-state index in [1.807, 2.05) is 0 Å². The molecule has 0 bridgehead atoms. The summed E-state index contributed by atoms with van der Waals surface area (Å²) in [5, 5.41) is 15.4. The molecule has 19 heavy (non-hydrogen) atoms. The second kappa shape index (κ2) is 4.60. The molecule has 2 aromatic rings. The summed E-state index contributed by atoms with van der Waals surface area (Å²) in [4.78, 5) is -0.293. The summed E-state index contributed by atoms with van der Waals surface area (Å²) in [5.41, 5.74) is 0. The summed E-state index contributed by atoms with van der Waals surface area (Å²) in [7, 11) is -7.80.